The van der Waals surface area contributed by atoms with E-state index in [0.29, 0.717) is 42.8 Å². The number of rotatable bonds is 12. The predicted molar refractivity (Wildman–Crippen MR) is 124 cm³/mol. The van der Waals surface area contributed by atoms with E-state index in [-0.39, 0.29) is 10.8 Å². The molecule has 0 aliphatic rings. The molecule has 0 amide bonds. The minimum atomic E-state index is -3.56. The standard InChI is InChI=1S/C22H27N3O5S2/c1-4-25(5-2)32(26,27)20-9-7-8-17(16-20)21-23-24-22(30-21)31-15-14-29-19-12-10-18(11-13-19)28-6-3/h7-13,16H,4-6,14-15H2,1-3H3. The molecule has 32 heavy (non-hydrogen) atoms. The maximum absolute atomic E-state index is 12.8. The fourth-order valence-corrected chi connectivity index (χ4v) is 5.06. The van der Waals surface area contributed by atoms with Crippen LogP contribution >= 0.6 is 11.8 Å². The van der Waals surface area contributed by atoms with E-state index in [1.807, 2.05) is 45.0 Å². The largest absolute Gasteiger partial charge is 0.494 e. The van der Waals surface area contributed by atoms with Crippen LogP contribution in [0.15, 0.2) is 63.1 Å². The summed E-state index contributed by atoms with van der Waals surface area (Å²) in [7, 11) is -3.56. The van der Waals surface area contributed by atoms with Crippen molar-refractivity contribution in [1.82, 2.24) is 14.5 Å². The first kappa shape index (κ1) is 24.1. The quantitative estimate of drug-likeness (QED) is 0.281. The van der Waals surface area contributed by atoms with Crippen molar-refractivity contribution in [1.29, 1.82) is 0 Å². The summed E-state index contributed by atoms with van der Waals surface area (Å²) < 4.78 is 43.8. The van der Waals surface area contributed by atoms with E-state index >= 15 is 0 Å². The van der Waals surface area contributed by atoms with Crippen LogP contribution in [0.25, 0.3) is 11.5 Å². The number of hydrogen-bond acceptors (Lipinski definition) is 8. The van der Waals surface area contributed by atoms with Crippen LogP contribution < -0.4 is 9.47 Å². The van der Waals surface area contributed by atoms with Crippen LogP contribution in [0, 0.1) is 0 Å². The Bertz CT molecular complexity index is 1100. The van der Waals surface area contributed by atoms with Gasteiger partial charge in [0.05, 0.1) is 18.1 Å². The van der Waals surface area contributed by atoms with Crippen LogP contribution in [-0.4, -0.2) is 55.0 Å². The molecule has 1 aromatic heterocycles. The van der Waals surface area contributed by atoms with Gasteiger partial charge >= 0.3 is 0 Å². The van der Waals surface area contributed by atoms with Crippen LogP contribution in [0.1, 0.15) is 20.8 Å². The Hall–Kier alpha value is -2.56. The van der Waals surface area contributed by atoms with E-state index in [1.54, 1.807) is 24.3 Å². The number of benzene rings is 2. The Labute approximate surface area is 193 Å². The molecule has 0 spiro atoms. The fourth-order valence-electron chi connectivity index (χ4n) is 2.97. The molecule has 1 heterocycles. The topological polar surface area (TPSA) is 94.8 Å². The van der Waals surface area contributed by atoms with E-state index in [4.69, 9.17) is 13.9 Å². The molecule has 10 heteroatoms. The number of aromatic nitrogens is 2. The Morgan fingerprint density at radius 2 is 1.66 bits per heavy atom. The molecule has 0 fully saturated rings. The second kappa shape index (κ2) is 11.3. The number of nitrogens with zero attached hydrogens (tertiary/aromatic N) is 3. The summed E-state index contributed by atoms with van der Waals surface area (Å²) in [6.45, 7) is 7.47. The van der Waals surface area contributed by atoms with Crippen molar-refractivity contribution in [2.45, 2.75) is 30.9 Å². The average molecular weight is 478 g/mol. The summed E-state index contributed by atoms with van der Waals surface area (Å²) in [6.07, 6.45) is 0. The van der Waals surface area contributed by atoms with Gasteiger partial charge in [-0.15, -0.1) is 10.2 Å². The van der Waals surface area contributed by atoms with Gasteiger partial charge in [-0.25, -0.2) is 8.42 Å². The van der Waals surface area contributed by atoms with Gasteiger partial charge in [-0.3, -0.25) is 0 Å². The van der Waals surface area contributed by atoms with Gasteiger partial charge in [-0.1, -0.05) is 31.7 Å². The van der Waals surface area contributed by atoms with Gasteiger partial charge < -0.3 is 13.9 Å². The van der Waals surface area contributed by atoms with Gasteiger partial charge in [-0.2, -0.15) is 4.31 Å². The lowest BCUT2D eigenvalue weighted by atomic mass is 10.2. The highest BCUT2D eigenvalue weighted by atomic mass is 32.2. The Morgan fingerprint density at radius 1 is 0.969 bits per heavy atom. The van der Waals surface area contributed by atoms with Crippen molar-refractivity contribution in [3.05, 3.63) is 48.5 Å². The first-order chi connectivity index (χ1) is 15.5. The third-order valence-electron chi connectivity index (χ3n) is 4.54. The highest BCUT2D eigenvalue weighted by molar-refractivity contribution is 7.99. The molecular formula is C22H27N3O5S2. The average Bonchev–Trinajstić information content (AvgIpc) is 3.28. The number of sulfonamides is 1. The van der Waals surface area contributed by atoms with Gasteiger partial charge in [0.1, 0.15) is 11.5 Å². The molecule has 3 aromatic rings. The fraction of sp³-hybridized carbons (Fsp3) is 0.364. The van der Waals surface area contributed by atoms with Gasteiger partial charge in [0.25, 0.3) is 5.22 Å². The molecule has 0 aliphatic heterocycles. The molecule has 0 N–H and O–H groups in total. The summed E-state index contributed by atoms with van der Waals surface area (Å²) in [4.78, 5) is 0.204. The van der Waals surface area contributed by atoms with Crippen LogP contribution in [0.2, 0.25) is 0 Å². The Balaban J connectivity index is 1.58. The maximum atomic E-state index is 12.8. The van der Waals surface area contributed by atoms with Crippen molar-refractivity contribution < 1.29 is 22.3 Å². The van der Waals surface area contributed by atoms with Crippen molar-refractivity contribution in [2.24, 2.45) is 0 Å². The molecule has 172 valence electrons. The molecule has 0 saturated carbocycles. The molecule has 8 nitrogen and oxygen atoms in total. The number of thioether (sulfide) groups is 1. The first-order valence-electron chi connectivity index (χ1n) is 10.4. The highest BCUT2D eigenvalue weighted by Crippen LogP contribution is 2.26. The molecule has 0 atom stereocenters. The van der Waals surface area contributed by atoms with Crippen molar-refractivity contribution in [3.8, 4) is 23.0 Å². The van der Waals surface area contributed by atoms with Crippen LogP contribution in [0.3, 0.4) is 0 Å². The van der Waals surface area contributed by atoms with Gasteiger partial charge in [-0.05, 0) is 49.4 Å². The van der Waals surface area contributed by atoms with Gasteiger partial charge in [0.2, 0.25) is 15.9 Å². The van der Waals surface area contributed by atoms with E-state index in [9.17, 15) is 8.42 Å². The first-order valence-corrected chi connectivity index (χ1v) is 12.8. The van der Waals surface area contributed by atoms with Gasteiger partial charge in [0.15, 0.2) is 0 Å². The second-order valence-corrected chi connectivity index (χ2v) is 9.58. The zero-order valence-electron chi connectivity index (χ0n) is 18.4. The van der Waals surface area contributed by atoms with Crippen molar-refractivity contribution in [2.75, 3.05) is 32.1 Å². The molecule has 0 aliphatic carbocycles. The van der Waals surface area contributed by atoms with E-state index in [1.165, 1.54) is 16.1 Å². The minimum Gasteiger partial charge on any atom is -0.494 e. The molecule has 0 radical (unpaired) electrons. The lowest BCUT2D eigenvalue weighted by Gasteiger charge is -2.18. The molecule has 2 aromatic carbocycles. The second-order valence-electron chi connectivity index (χ2n) is 6.59. The monoisotopic (exact) mass is 477 g/mol. The summed E-state index contributed by atoms with van der Waals surface area (Å²) >= 11 is 1.37. The van der Waals surface area contributed by atoms with Crippen LogP contribution in [0.5, 0.6) is 11.5 Å². The summed E-state index contributed by atoms with van der Waals surface area (Å²) in [5.41, 5.74) is 0.559. The molecule has 3 rings (SSSR count). The van der Waals surface area contributed by atoms with Crippen LogP contribution in [-0.2, 0) is 10.0 Å². The van der Waals surface area contributed by atoms with Crippen molar-refractivity contribution >= 4 is 21.8 Å². The Morgan fingerprint density at radius 3 is 2.31 bits per heavy atom. The lowest BCUT2D eigenvalue weighted by molar-refractivity contribution is 0.332. The molecular weight excluding hydrogens is 450 g/mol. The minimum absolute atomic E-state index is 0.204. The molecule has 0 bridgehead atoms. The summed E-state index contributed by atoms with van der Waals surface area (Å²) in [6, 6.07) is 14.0. The number of ether oxygens (including phenoxy) is 2. The predicted octanol–water partition coefficient (Wildman–Crippen LogP) is 4.34. The third-order valence-corrected chi connectivity index (χ3v) is 7.37. The van der Waals surface area contributed by atoms with Crippen LogP contribution in [0.4, 0.5) is 0 Å². The third kappa shape index (κ3) is 6.02. The highest BCUT2D eigenvalue weighted by Gasteiger charge is 2.22. The summed E-state index contributed by atoms with van der Waals surface area (Å²) in [5, 5.41) is 8.50. The van der Waals surface area contributed by atoms with Crippen molar-refractivity contribution in [3.63, 3.8) is 0 Å². The molecule has 0 unspecified atom stereocenters. The van der Waals surface area contributed by atoms with E-state index in [2.05, 4.69) is 10.2 Å². The van der Waals surface area contributed by atoms with Gasteiger partial charge in [0, 0.05) is 24.4 Å². The molecule has 0 saturated heterocycles. The Kier molecular flexibility index (Phi) is 8.54. The summed E-state index contributed by atoms with van der Waals surface area (Å²) in [5.74, 6) is 2.45. The zero-order chi connectivity index (χ0) is 23.0. The lowest BCUT2D eigenvalue weighted by Crippen LogP contribution is -2.30. The smallest absolute Gasteiger partial charge is 0.276 e. The zero-order valence-corrected chi connectivity index (χ0v) is 20.0. The SMILES string of the molecule is CCOc1ccc(OCCSc2nnc(-c3cccc(S(=O)(=O)N(CC)CC)c3)o2)cc1. The van der Waals surface area contributed by atoms with E-state index < -0.39 is 10.0 Å². The maximum Gasteiger partial charge on any atom is 0.276 e. The number of hydrogen-bond donors (Lipinski definition) is 0. The van der Waals surface area contributed by atoms with E-state index in [0.717, 1.165) is 11.5 Å². The normalized spacial score (nSPS) is 11.6.